The van der Waals surface area contributed by atoms with Crippen molar-refractivity contribution in [3.8, 4) is 0 Å². The third-order valence-electron chi connectivity index (χ3n) is 5.47. The van der Waals surface area contributed by atoms with E-state index < -0.39 is 0 Å². The Balaban J connectivity index is 1.39. The van der Waals surface area contributed by atoms with E-state index in [1.165, 1.54) is 0 Å². The van der Waals surface area contributed by atoms with Crippen LogP contribution in [0.15, 0.2) is 54.9 Å². The number of amides is 2. The summed E-state index contributed by atoms with van der Waals surface area (Å²) in [6, 6.07) is 13.3. The van der Waals surface area contributed by atoms with Gasteiger partial charge in [-0.25, -0.2) is 5.48 Å². The maximum atomic E-state index is 12.4. The summed E-state index contributed by atoms with van der Waals surface area (Å²) in [5.74, 6) is 0.0767. The van der Waals surface area contributed by atoms with Crippen LogP contribution in [0.3, 0.4) is 0 Å². The zero-order valence-electron chi connectivity index (χ0n) is 16.1. The molecule has 0 saturated heterocycles. The molecule has 0 radical (unpaired) electrons. The van der Waals surface area contributed by atoms with Gasteiger partial charge in [-0.3, -0.25) is 19.4 Å². The molecule has 1 fully saturated rings. The number of hydrogen-bond donors (Lipinski definition) is 2. The second-order valence-corrected chi connectivity index (χ2v) is 7.37. The van der Waals surface area contributed by atoms with Crippen LogP contribution in [0.2, 0.25) is 0 Å². The lowest BCUT2D eigenvalue weighted by atomic mass is 9.76. The lowest BCUT2D eigenvalue weighted by Crippen LogP contribution is -2.36. The van der Waals surface area contributed by atoms with Crippen LogP contribution in [-0.4, -0.2) is 16.8 Å². The molecule has 1 aliphatic rings. The van der Waals surface area contributed by atoms with Crippen molar-refractivity contribution in [1.82, 2.24) is 10.5 Å². The smallest absolute Gasteiger partial charge is 0.246 e. The van der Waals surface area contributed by atoms with Gasteiger partial charge in [0.15, 0.2) is 0 Å². The van der Waals surface area contributed by atoms with Gasteiger partial charge in [0.1, 0.15) is 0 Å². The van der Waals surface area contributed by atoms with Crippen LogP contribution in [0.5, 0.6) is 0 Å². The van der Waals surface area contributed by atoms with Crippen LogP contribution in [0.1, 0.15) is 38.2 Å². The first-order valence-corrected chi connectivity index (χ1v) is 9.80. The first-order valence-electron chi connectivity index (χ1n) is 9.80. The molecule has 2 N–H and O–H groups in total. The molecule has 1 aromatic carbocycles. The molecular formula is C22H27N3O3. The first kappa shape index (κ1) is 20.0. The number of carbonyl (C=O) groups excluding carboxylic acids is 2. The monoisotopic (exact) mass is 381 g/mol. The summed E-state index contributed by atoms with van der Waals surface area (Å²) in [5.41, 5.74) is 4.35. The maximum Gasteiger partial charge on any atom is 0.246 e. The molecule has 6 nitrogen and oxygen atoms in total. The first-order chi connectivity index (χ1) is 13.6. The molecule has 2 amide bonds. The summed E-state index contributed by atoms with van der Waals surface area (Å²) >= 11 is 0. The van der Waals surface area contributed by atoms with Crippen LogP contribution >= 0.6 is 0 Å². The van der Waals surface area contributed by atoms with Gasteiger partial charge in [-0.1, -0.05) is 37.3 Å². The number of aromatic nitrogens is 1. The Labute approximate surface area is 165 Å². The molecule has 1 atom stereocenters. The molecule has 28 heavy (non-hydrogen) atoms. The highest BCUT2D eigenvalue weighted by Gasteiger charge is 2.31. The van der Waals surface area contributed by atoms with Crippen LogP contribution in [0, 0.1) is 17.8 Å². The average molecular weight is 381 g/mol. The minimum Gasteiger partial charge on any atom is -0.326 e. The Kier molecular flexibility index (Phi) is 7.14. The van der Waals surface area contributed by atoms with Crippen LogP contribution < -0.4 is 10.8 Å². The maximum absolute atomic E-state index is 12.4. The molecule has 1 aliphatic carbocycles. The van der Waals surface area contributed by atoms with Crippen LogP contribution in [0.4, 0.5) is 5.69 Å². The number of benzene rings is 1. The summed E-state index contributed by atoms with van der Waals surface area (Å²) < 4.78 is 0. The van der Waals surface area contributed by atoms with E-state index in [-0.39, 0.29) is 29.6 Å². The van der Waals surface area contributed by atoms with Crippen molar-refractivity contribution in [3.63, 3.8) is 0 Å². The van der Waals surface area contributed by atoms with Gasteiger partial charge in [0, 0.05) is 29.9 Å². The number of anilines is 1. The van der Waals surface area contributed by atoms with Gasteiger partial charge in [0.05, 0.1) is 6.61 Å². The summed E-state index contributed by atoms with van der Waals surface area (Å²) in [5, 5.41) is 2.94. The van der Waals surface area contributed by atoms with Gasteiger partial charge in [0.2, 0.25) is 11.8 Å². The fourth-order valence-electron chi connectivity index (χ4n) is 3.63. The quantitative estimate of drug-likeness (QED) is 0.717. The molecule has 1 saturated carbocycles. The van der Waals surface area contributed by atoms with Crippen molar-refractivity contribution >= 4 is 17.5 Å². The van der Waals surface area contributed by atoms with Gasteiger partial charge >= 0.3 is 0 Å². The molecule has 0 bridgehead atoms. The fourth-order valence-corrected chi connectivity index (χ4v) is 3.63. The second kappa shape index (κ2) is 9.99. The van der Waals surface area contributed by atoms with Crippen LogP contribution in [0.25, 0.3) is 0 Å². The van der Waals surface area contributed by atoms with E-state index in [0.717, 1.165) is 36.9 Å². The Bertz CT molecular complexity index is 759. The second-order valence-electron chi connectivity index (χ2n) is 7.37. The summed E-state index contributed by atoms with van der Waals surface area (Å²) in [4.78, 5) is 34.1. The molecule has 2 aromatic rings. The minimum absolute atomic E-state index is 0.00555. The molecule has 1 unspecified atom stereocenters. The molecule has 0 aliphatic heterocycles. The summed E-state index contributed by atoms with van der Waals surface area (Å²) in [6.07, 6.45) is 6.64. The Morgan fingerprint density at radius 1 is 1.07 bits per heavy atom. The zero-order valence-corrected chi connectivity index (χ0v) is 16.1. The van der Waals surface area contributed by atoms with Crippen molar-refractivity contribution in [3.05, 3.63) is 60.4 Å². The number of rotatable bonds is 7. The number of pyridine rings is 1. The number of nitrogens with zero attached hydrogens (tertiary/aromatic N) is 1. The predicted molar refractivity (Wildman–Crippen MR) is 107 cm³/mol. The van der Waals surface area contributed by atoms with E-state index in [1.54, 1.807) is 24.5 Å². The lowest BCUT2D eigenvalue weighted by Gasteiger charge is -2.31. The number of hydroxylamine groups is 1. The standard InChI is InChI=1S/C22H27N3O3/c1-16(21(26)25-28-15-17-5-3-2-4-6-17)18-7-9-19(10-8-18)22(27)24-20-11-13-23-14-12-20/h2-6,11-14,16,18-19H,7-10,15H2,1H3,(H,25,26)(H,23,24,27). The molecule has 3 rings (SSSR count). The summed E-state index contributed by atoms with van der Waals surface area (Å²) in [7, 11) is 0. The van der Waals surface area contributed by atoms with E-state index >= 15 is 0 Å². The normalized spacial score (nSPS) is 20.2. The largest absolute Gasteiger partial charge is 0.326 e. The van der Waals surface area contributed by atoms with Gasteiger partial charge in [0.25, 0.3) is 0 Å². The van der Waals surface area contributed by atoms with Gasteiger partial charge in [-0.05, 0) is 49.3 Å². The lowest BCUT2D eigenvalue weighted by molar-refractivity contribution is -0.140. The van der Waals surface area contributed by atoms with E-state index in [2.05, 4.69) is 15.8 Å². The van der Waals surface area contributed by atoms with E-state index in [4.69, 9.17) is 4.84 Å². The van der Waals surface area contributed by atoms with Crippen molar-refractivity contribution in [2.24, 2.45) is 17.8 Å². The summed E-state index contributed by atoms with van der Waals surface area (Å²) in [6.45, 7) is 2.28. The third-order valence-corrected chi connectivity index (χ3v) is 5.47. The SMILES string of the molecule is CC(C(=O)NOCc1ccccc1)C1CCC(C(=O)Nc2ccncc2)CC1. The van der Waals surface area contributed by atoms with Crippen molar-refractivity contribution < 1.29 is 14.4 Å². The third kappa shape index (κ3) is 5.63. The minimum atomic E-state index is -0.139. The Hall–Kier alpha value is -2.73. The average Bonchev–Trinajstić information content (AvgIpc) is 2.74. The number of carbonyl (C=O) groups is 2. The number of hydrogen-bond acceptors (Lipinski definition) is 4. The Morgan fingerprint density at radius 2 is 1.75 bits per heavy atom. The van der Waals surface area contributed by atoms with Crippen LogP contribution in [-0.2, 0) is 21.0 Å². The fraction of sp³-hybridized carbons (Fsp3) is 0.409. The number of nitrogens with one attached hydrogen (secondary N) is 2. The van der Waals surface area contributed by atoms with Crippen molar-refractivity contribution in [1.29, 1.82) is 0 Å². The predicted octanol–water partition coefficient (Wildman–Crippen LogP) is 3.71. The van der Waals surface area contributed by atoms with Gasteiger partial charge < -0.3 is 5.32 Å². The zero-order chi connectivity index (χ0) is 19.8. The van der Waals surface area contributed by atoms with Crippen molar-refractivity contribution in [2.45, 2.75) is 39.2 Å². The van der Waals surface area contributed by atoms with Crippen molar-refractivity contribution in [2.75, 3.05) is 5.32 Å². The Morgan fingerprint density at radius 3 is 2.43 bits per heavy atom. The molecule has 0 spiro atoms. The highest BCUT2D eigenvalue weighted by atomic mass is 16.6. The molecule has 148 valence electrons. The molecule has 6 heteroatoms. The highest BCUT2D eigenvalue weighted by molar-refractivity contribution is 5.92. The van der Waals surface area contributed by atoms with Gasteiger partial charge in [-0.2, -0.15) is 0 Å². The van der Waals surface area contributed by atoms with E-state index in [1.807, 2.05) is 37.3 Å². The molecular weight excluding hydrogens is 354 g/mol. The molecule has 1 heterocycles. The topological polar surface area (TPSA) is 80.3 Å². The molecule has 1 aromatic heterocycles. The van der Waals surface area contributed by atoms with E-state index in [0.29, 0.717) is 6.61 Å². The van der Waals surface area contributed by atoms with E-state index in [9.17, 15) is 9.59 Å². The highest BCUT2D eigenvalue weighted by Crippen LogP contribution is 2.34. The van der Waals surface area contributed by atoms with Gasteiger partial charge in [-0.15, -0.1) is 0 Å².